The quantitative estimate of drug-likeness (QED) is 0.914. The van der Waals surface area contributed by atoms with Crippen molar-refractivity contribution >= 4 is 27.3 Å². The molecule has 2 heterocycles. The monoisotopic (exact) mass is 293 g/mol. The predicted molar refractivity (Wildman–Crippen MR) is 67.9 cm³/mol. The molecule has 2 aromatic heterocycles. The molecule has 1 amide bonds. The summed E-state index contributed by atoms with van der Waals surface area (Å²) in [5.74, 6) is -0.789. The van der Waals surface area contributed by atoms with Crippen molar-refractivity contribution in [3.05, 3.63) is 46.4 Å². The Kier molecular flexibility index (Phi) is 3.59. The third kappa shape index (κ3) is 2.96. The van der Waals surface area contributed by atoms with Gasteiger partial charge in [-0.05, 0) is 23.6 Å². The van der Waals surface area contributed by atoms with Gasteiger partial charge in [-0.2, -0.15) is 16.6 Å². The van der Waals surface area contributed by atoms with Gasteiger partial charge in [0.1, 0.15) is 11.8 Å². The van der Waals surface area contributed by atoms with E-state index in [-0.39, 0.29) is 16.2 Å². The predicted octanol–water partition coefficient (Wildman–Crippen LogP) is 1.13. The summed E-state index contributed by atoms with van der Waals surface area (Å²) in [5.41, 5.74) is 0.218. The Morgan fingerprint density at radius 2 is 2.16 bits per heavy atom. The van der Waals surface area contributed by atoms with Crippen LogP contribution in [0.15, 0.2) is 40.1 Å². The second kappa shape index (κ2) is 5.17. The third-order valence-corrected chi connectivity index (χ3v) is 4.33. The average Bonchev–Trinajstić information content (AvgIpc) is 2.93. The second-order valence-electron chi connectivity index (χ2n) is 3.44. The second-order valence-corrected chi connectivity index (χ2v) is 5.90. The first kappa shape index (κ1) is 13.2. The number of amides is 1. The summed E-state index contributed by atoms with van der Waals surface area (Å²) in [6.45, 7) is 0. The number of hydrogen-bond donors (Lipinski definition) is 1. The fourth-order valence-corrected chi connectivity index (χ4v) is 3.24. The summed E-state index contributed by atoms with van der Waals surface area (Å²) in [6.07, 6.45) is 1.15. The van der Waals surface area contributed by atoms with Gasteiger partial charge in [0.05, 0.1) is 10.5 Å². The average molecular weight is 293 g/mol. The SMILES string of the molecule is N#Cc1ccc(C(=O)NS(=O)(=O)c2ccsc2)cn1. The van der Waals surface area contributed by atoms with Gasteiger partial charge in [-0.25, -0.2) is 18.1 Å². The van der Waals surface area contributed by atoms with Gasteiger partial charge in [0.15, 0.2) is 0 Å². The topological polar surface area (TPSA) is 99.9 Å². The Morgan fingerprint density at radius 1 is 1.37 bits per heavy atom. The lowest BCUT2D eigenvalue weighted by Gasteiger charge is -2.04. The Bertz CT molecular complexity index is 728. The first-order valence-electron chi connectivity index (χ1n) is 4.98. The summed E-state index contributed by atoms with van der Waals surface area (Å²) in [5, 5.41) is 11.6. The molecule has 0 aliphatic carbocycles. The highest BCUT2D eigenvalue weighted by Crippen LogP contribution is 2.13. The summed E-state index contributed by atoms with van der Waals surface area (Å²) in [7, 11) is -3.86. The van der Waals surface area contributed by atoms with E-state index in [1.54, 1.807) is 11.4 Å². The van der Waals surface area contributed by atoms with Crippen molar-refractivity contribution in [2.24, 2.45) is 0 Å². The van der Waals surface area contributed by atoms with Crippen molar-refractivity contribution in [1.29, 1.82) is 5.26 Å². The number of carbonyl (C=O) groups is 1. The van der Waals surface area contributed by atoms with Crippen LogP contribution in [-0.2, 0) is 10.0 Å². The van der Waals surface area contributed by atoms with Gasteiger partial charge in [0, 0.05) is 11.6 Å². The largest absolute Gasteiger partial charge is 0.268 e. The smallest absolute Gasteiger partial charge is 0.266 e. The molecule has 2 aromatic rings. The van der Waals surface area contributed by atoms with E-state index < -0.39 is 15.9 Å². The van der Waals surface area contributed by atoms with Crippen molar-refractivity contribution in [1.82, 2.24) is 9.71 Å². The van der Waals surface area contributed by atoms with Crippen LogP contribution < -0.4 is 4.72 Å². The van der Waals surface area contributed by atoms with E-state index in [9.17, 15) is 13.2 Å². The number of nitrogens with zero attached hydrogens (tertiary/aromatic N) is 2. The molecule has 19 heavy (non-hydrogen) atoms. The maximum Gasteiger partial charge on any atom is 0.266 e. The van der Waals surface area contributed by atoms with Crippen LogP contribution in [0.2, 0.25) is 0 Å². The number of sulfonamides is 1. The molecule has 0 fully saturated rings. The van der Waals surface area contributed by atoms with E-state index in [1.807, 2.05) is 4.72 Å². The van der Waals surface area contributed by atoms with Gasteiger partial charge < -0.3 is 0 Å². The van der Waals surface area contributed by atoms with Crippen molar-refractivity contribution in [2.75, 3.05) is 0 Å². The summed E-state index contributed by atoms with van der Waals surface area (Å²) in [6, 6.07) is 5.88. The van der Waals surface area contributed by atoms with E-state index in [1.165, 1.54) is 34.9 Å². The molecule has 0 saturated carbocycles. The van der Waals surface area contributed by atoms with Crippen molar-refractivity contribution in [2.45, 2.75) is 4.90 Å². The summed E-state index contributed by atoms with van der Waals surface area (Å²) >= 11 is 1.22. The van der Waals surface area contributed by atoms with Crippen LogP contribution in [0.4, 0.5) is 0 Å². The van der Waals surface area contributed by atoms with Crippen LogP contribution in [0.1, 0.15) is 16.1 Å². The fourth-order valence-electron chi connectivity index (χ4n) is 1.24. The summed E-state index contributed by atoms with van der Waals surface area (Å²) < 4.78 is 25.5. The van der Waals surface area contributed by atoms with Crippen molar-refractivity contribution in [3.63, 3.8) is 0 Å². The lowest BCUT2D eigenvalue weighted by atomic mass is 10.2. The van der Waals surface area contributed by atoms with Gasteiger partial charge in [-0.15, -0.1) is 0 Å². The van der Waals surface area contributed by atoms with E-state index in [4.69, 9.17) is 5.26 Å². The minimum atomic E-state index is -3.86. The Morgan fingerprint density at radius 3 is 2.68 bits per heavy atom. The third-order valence-electron chi connectivity index (χ3n) is 2.17. The first-order valence-corrected chi connectivity index (χ1v) is 7.41. The van der Waals surface area contributed by atoms with Crippen LogP contribution in [-0.4, -0.2) is 19.3 Å². The number of carbonyl (C=O) groups excluding carboxylic acids is 1. The number of pyridine rings is 1. The molecular weight excluding hydrogens is 286 g/mol. The Hall–Kier alpha value is -2.24. The molecule has 0 atom stereocenters. The molecule has 0 bridgehead atoms. The normalized spacial score (nSPS) is 10.7. The zero-order valence-electron chi connectivity index (χ0n) is 9.40. The number of rotatable bonds is 3. The molecule has 6 nitrogen and oxygen atoms in total. The minimum absolute atomic E-state index is 0.0347. The lowest BCUT2D eigenvalue weighted by molar-refractivity contribution is 0.0981. The van der Waals surface area contributed by atoms with Gasteiger partial charge in [-0.3, -0.25) is 4.79 Å². The van der Waals surface area contributed by atoms with Gasteiger partial charge in [-0.1, -0.05) is 0 Å². The minimum Gasteiger partial charge on any atom is -0.268 e. The van der Waals surface area contributed by atoms with Crippen molar-refractivity contribution in [3.8, 4) is 6.07 Å². The molecule has 0 radical (unpaired) electrons. The van der Waals surface area contributed by atoms with E-state index in [2.05, 4.69) is 4.98 Å². The van der Waals surface area contributed by atoms with Crippen LogP contribution in [0, 0.1) is 11.3 Å². The molecule has 8 heteroatoms. The first-order chi connectivity index (χ1) is 9.03. The van der Waals surface area contributed by atoms with Crippen LogP contribution in [0.3, 0.4) is 0 Å². The number of aromatic nitrogens is 1. The number of nitriles is 1. The van der Waals surface area contributed by atoms with E-state index in [0.29, 0.717) is 0 Å². The fraction of sp³-hybridized carbons (Fsp3) is 0. The maximum absolute atomic E-state index is 11.8. The number of hydrogen-bond acceptors (Lipinski definition) is 6. The van der Waals surface area contributed by atoms with Crippen LogP contribution >= 0.6 is 11.3 Å². The Balaban J connectivity index is 2.20. The zero-order chi connectivity index (χ0) is 13.9. The van der Waals surface area contributed by atoms with E-state index >= 15 is 0 Å². The molecule has 0 aliphatic rings. The highest BCUT2D eigenvalue weighted by molar-refractivity contribution is 7.90. The molecule has 0 aliphatic heterocycles. The molecule has 2 rings (SSSR count). The van der Waals surface area contributed by atoms with Gasteiger partial charge in [0.2, 0.25) is 0 Å². The van der Waals surface area contributed by atoms with E-state index in [0.717, 1.165) is 6.20 Å². The Labute approximate surface area is 113 Å². The maximum atomic E-state index is 11.8. The van der Waals surface area contributed by atoms with Gasteiger partial charge >= 0.3 is 0 Å². The zero-order valence-corrected chi connectivity index (χ0v) is 11.0. The number of thiophene rings is 1. The lowest BCUT2D eigenvalue weighted by Crippen LogP contribution is -2.30. The van der Waals surface area contributed by atoms with Crippen LogP contribution in [0.5, 0.6) is 0 Å². The molecule has 1 N–H and O–H groups in total. The molecule has 0 saturated heterocycles. The van der Waals surface area contributed by atoms with Gasteiger partial charge in [0.25, 0.3) is 15.9 Å². The molecule has 0 aromatic carbocycles. The summed E-state index contributed by atoms with van der Waals surface area (Å²) in [4.78, 5) is 15.5. The highest BCUT2D eigenvalue weighted by atomic mass is 32.2. The molecule has 96 valence electrons. The standard InChI is InChI=1S/C11H7N3O3S2/c12-5-9-2-1-8(6-13-9)11(15)14-19(16,17)10-3-4-18-7-10/h1-4,6-7H,(H,14,15). The number of nitrogens with one attached hydrogen (secondary N) is 1. The van der Waals surface area contributed by atoms with Crippen molar-refractivity contribution < 1.29 is 13.2 Å². The van der Waals surface area contributed by atoms with Crippen LogP contribution in [0.25, 0.3) is 0 Å². The molecule has 0 spiro atoms. The molecule has 0 unspecified atom stereocenters. The highest BCUT2D eigenvalue weighted by Gasteiger charge is 2.19. The molecular formula is C11H7N3O3S2.